The zero-order valence-corrected chi connectivity index (χ0v) is 8.18. The number of carbonyl (C=O) groups excluding carboxylic acids is 1. The van der Waals surface area contributed by atoms with Gasteiger partial charge < -0.3 is 5.32 Å². The molecule has 1 N–H and O–H groups in total. The molecule has 2 heterocycles. The SMILES string of the molecule is O=C(Nc1ccn2nccc2c1)C1CC1. The lowest BCUT2D eigenvalue weighted by Gasteiger charge is -2.03. The third-order valence-electron chi connectivity index (χ3n) is 2.62. The van der Waals surface area contributed by atoms with Crippen molar-refractivity contribution in [2.24, 2.45) is 5.92 Å². The van der Waals surface area contributed by atoms with Crippen molar-refractivity contribution in [1.82, 2.24) is 9.61 Å². The van der Waals surface area contributed by atoms with Crippen LogP contribution in [0.2, 0.25) is 0 Å². The lowest BCUT2D eigenvalue weighted by atomic mass is 10.3. The number of nitrogens with one attached hydrogen (secondary N) is 1. The Labute approximate surface area is 86.9 Å². The number of hydrogen-bond donors (Lipinski definition) is 1. The molecule has 1 fully saturated rings. The maximum Gasteiger partial charge on any atom is 0.227 e. The molecule has 1 aliphatic rings. The highest BCUT2D eigenvalue weighted by Crippen LogP contribution is 2.30. The van der Waals surface area contributed by atoms with Gasteiger partial charge in [0.2, 0.25) is 5.91 Å². The lowest BCUT2D eigenvalue weighted by Crippen LogP contribution is -2.13. The Bertz CT molecular complexity index is 513. The molecule has 1 aliphatic carbocycles. The Kier molecular flexibility index (Phi) is 1.74. The van der Waals surface area contributed by atoms with Gasteiger partial charge in [0.05, 0.1) is 5.52 Å². The standard InChI is InChI=1S/C11H11N3O/c15-11(8-1-2-8)13-9-4-6-14-10(7-9)3-5-12-14/h3-8H,1-2H2,(H,13,15). The first kappa shape index (κ1) is 8.47. The number of anilines is 1. The Balaban J connectivity index is 1.86. The smallest absolute Gasteiger partial charge is 0.227 e. The van der Waals surface area contributed by atoms with Gasteiger partial charge in [0, 0.05) is 24.0 Å². The average molecular weight is 201 g/mol. The normalized spacial score (nSPS) is 15.5. The van der Waals surface area contributed by atoms with Crippen molar-refractivity contribution in [1.29, 1.82) is 0 Å². The van der Waals surface area contributed by atoms with Crippen molar-refractivity contribution in [2.45, 2.75) is 12.8 Å². The molecule has 2 aromatic rings. The molecule has 4 heteroatoms. The fraction of sp³-hybridized carbons (Fsp3) is 0.273. The molecule has 3 rings (SSSR count). The van der Waals surface area contributed by atoms with Crippen LogP contribution in [0.5, 0.6) is 0 Å². The molecule has 1 saturated carbocycles. The van der Waals surface area contributed by atoms with Crippen molar-refractivity contribution in [3.05, 3.63) is 30.6 Å². The molecule has 2 aromatic heterocycles. The molecular formula is C11H11N3O. The molecule has 15 heavy (non-hydrogen) atoms. The maximum absolute atomic E-state index is 11.5. The fourth-order valence-corrected chi connectivity index (χ4v) is 1.59. The summed E-state index contributed by atoms with van der Waals surface area (Å²) in [6, 6.07) is 5.69. The highest BCUT2D eigenvalue weighted by molar-refractivity contribution is 5.94. The predicted octanol–water partition coefficient (Wildman–Crippen LogP) is 1.68. The second-order valence-corrected chi connectivity index (χ2v) is 3.88. The van der Waals surface area contributed by atoms with E-state index < -0.39 is 0 Å². The number of carbonyl (C=O) groups is 1. The highest BCUT2D eigenvalue weighted by atomic mass is 16.2. The number of hydrogen-bond acceptors (Lipinski definition) is 2. The van der Waals surface area contributed by atoms with Crippen molar-refractivity contribution in [3.63, 3.8) is 0 Å². The quantitative estimate of drug-likeness (QED) is 0.803. The number of rotatable bonds is 2. The monoisotopic (exact) mass is 201 g/mol. The number of pyridine rings is 1. The van der Waals surface area contributed by atoms with Crippen LogP contribution in [0.1, 0.15) is 12.8 Å². The van der Waals surface area contributed by atoms with Crippen molar-refractivity contribution in [2.75, 3.05) is 5.32 Å². The van der Waals surface area contributed by atoms with E-state index in [1.807, 2.05) is 24.4 Å². The minimum Gasteiger partial charge on any atom is -0.326 e. The van der Waals surface area contributed by atoms with Gasteiger partial charge in [0.15, 0.2) is 0 Å². The third kappa shape index (κ3) is 1.58. The van der Waals surface area contributed by atoms with Gasteiger partial charge in [-0.25, -0.2) is 4.52 Å². The van der Waals surface area contributed by atoms with E-state index in [2.05, 4.69) is 10.4 Å². The topological polar surface area (TPSA) is 46.4 Å². The van der Waals surface area contributed by atoms with Gasteiger partial charge in [0.1, 0.15) is 0 Å². The van der Waals surface area contributed by atoms with Crippen LogP contribution in [-0.2, 0) is 4.79 Å². The summed E-state index contributed by atoms with van der Waals surface area (Å²) in [5.74, 6) is 0.380. The zero-order valence-electron chi connectivity index (χ0n) is 8.18. The molecule has 0 radical (unpaired) electrons. The summed E-state index contributed by atoms with van der Waals surface area (Å²) in [6.45, 7) is 0. The van der Waals surface area contributed by atoms with E-state index >= 15 is 0 Å². The number of nitrogens with zero attached hydrogens (tertiary/aromatic N) is 2. The summed E-state index contributed by atoms with van der Waals surface area (Å²) in [5.41, 5.74) is 1.84. The summed E-state index contributed by atoms with van der Waals surface area (Å²) < 4.78 is 1.77. The van der Waals surface area contributed by atoms with Crippen LogP contribution in [0.15, 0.2) is 30.6 Å². The Hall–Kier alpha value is -1.84. The molecule has 76 valence electrons. The second-order valence-electron chi connectivity index (χ2n) is 3.88. The van der Waals surface area contributed by atoms with Crippen molar-refractivity contribution in [3.8, 4) is 0 Å². The van der Waals surface area contributed by atoms with E-state index in [9.17, 15) is 4.79 Å². The third-order valence-corrected chi connectivity index (χ3v) is 2.62. The molecule has 0 aliphatic heterocycles. The van der Waals surface area contributed by atoms with E-state index in [0.29, 0.717) is 0 Å². The number of fused-ring (bicyclic) bond motifs is 1. The summed E-state index contributed by atoms with van der Waals surface area (Å²) in [7, 11) is 0. The molecule has 0 bridgehead atoms. The average Bonchev–Trinajstić information content (AvgIpc) is 2.98. The van der Waals surface area contributed by atoms with Crippen LogP contribution in [-0.4, -0.2) is 15.5 Å². The molecule has 0 spiro atoms. The van der Waals surface area contributed by atoms with Crippen LogP contribution in [0, 0.1) is 5.92 Å². The van der Waals surface area contributed by atoms with E-state index in [1.54, 1.807) is 10.7 Å². The van der Waals surface area contributed by atoms with Gasteiger partial charge in [-0.3, -0.25) is 4.79 Å². The Morgan fingerprint density at radius 3 is 3.13 bits per heavy atom. The summed E-state index contributed by atoms with van der Waals surface area (Å²) in [5, 5.41) is 7.00. The van der Waals surface area contributed by atoms with Gasteiger partial charge in [-0.2, -0.15) is 5.10 Å². The lowest BCUT2D eigenvalue weighted by molar-refractivity contribution is -0.117. The van der Waals surface area contributed by atoms with Gasteiger partial charge in [-0.15, -0.1) is 0 Å². The Morgan fingerprint density at radius 1 is 1.47 bits per heavy atom. The Morgan fingerprint density at radius 2 is 2.33 bits per heavy atom. The fourth-order valence-electron chi connectivity index (χ4n) is 1.59. The van der Waals surface area contributed by atoms with E-state index in [0.717, 1.165) is 24.0 Å². The first-order valence-corrected chi connectivity index (χ1v) is 5.07. The van der Waals surface area contributed by atoms with Gasteiger partial charge in [-0.1, -0.05) is 0 Å². The van der Waals surface area contributed by atoms with E-state index in [4.69, 9.17) is 0 Å². The summed E-state index contributed by atoms with van der Waals surface area (Å²) in [4.78, 5) is 11.5. The number of aromatic nitrogens is 2. The van der Waals surface area contributed by atoms with Crippen molar-refractivity contribution >= 4 is 17.1 Å². The summed E-state index contributed by atoms with van der Waals surface area (Å²) in [6.07, 6.45) is 5.64. The van der Waals surface area contributed by atoms with Crippen LogP contribution in [0.25, 0.3) is 5.52 Å². The van der Waals surface area contributed by atoms with Crippen LogP contribution < -0.4 is 5.32 Å². The predicted molar refractivity (Wildman–Crippen MR) is 56.5 cm³/mol. The molecule has 0 unspecified atom stereocenters. The van der Waals surface area contributed by atoms with E-state index in [-0.39, 0.29) is 11.8 Å². The zero-order chi connectivity index (χ0) is 10.3. The van der Waals surface area contributed by atoms with Crippen LogP contribution in [0.3, 0.4) is 0 Å². The molecule has 0 aromatic carbocycles. The largest absolute Gasteiger partial charge is 0.326 e. The van der Waals surface area contributed by atoms with Crippen molar-refractivity contribution < 1.29 is 4.79 Å². The molecule has 0 atom stereocenters. The molecular weight excluding hydrogens is 190 g/mol. The first-order valence-electron chi connectivity index (χ1n) is 5.07. The minimum absolute atomic E-state index is 0.138. The maximum atomic E-state index is 11.5. The van der Waals surface area contributed by atoms with Crippen LogP contribution in [0.4, 0.5) is 5.69 Å². The molecule has 4 nitrogen and oxygen atoms in total. The second kappa shape index (κ2) is 3.08. The first-order chi connectivity index (χ1) is 7.33. The molecule has 0 saturated heterocycles. The number of amides is 1. The van der Waals surface area contributed by atoms with E-state index in [1.165, 1.54) is 0 Å². The molecule has 1 amide bonds. The summed E-state index contributed by atoms with van der Waals surface area (Å²) >= 11 is 0. The highest BCUT2D eigenvalue weighted by Gasteiger charge is 2.29. The minimum atomic E-state index is 0.138. The van der Waals surface area contributed by atoms with Gasteiger partial charge >= 0.3 is 0 Å². The van der Waals surface area contributed by atoms with Gasteiger partial charge in [0.25, 0.3) is 0 Å². The van der Waals surface area contributed by atoms with Gasteiger partial charge in [-0.05, 0) is 31.0 Å². The van der Waals surface area contributed by atoms with Crippen LogP contribution >= 0.6 is 0 Å².